The molecule has 4 rings (SSSR count). The number of carbonyl (C=O) groups excluding carboxylic acids is 1. The van der Waals surface area contributed by atoms with Crippen LogP contribution in [0.4, 0.5) is 4.39 Å². The van der Waals surface area contributed by atoms with Crippen molar-refractivity contribution in [3.63, 3.8) is 0 Å². The van der Waals surface area contributed by atoms with E-state index in [1.807, 2.05) is 24.3 Å². The maximum atomic E-state index is 13.8. The summed E-state index contributed by atoms with van der Waals surface area (Å²) in [4.78, 5) is 12.1. The zero-order chi connectivity index (χ0) is 22.5. The third-order valence-electron chi connectivity index (χ3n) is 4.66. The number of fused-ring (bicyclic) bond motifs is 1. The van der Waals surface area contributed by atoms with Crippen LogP contribution in [-0.4, -0.2) is 46.0 Å². The average molecular weight is 456 g/mol. The minimum Gasteiger partial charge on any atom is -0.497 e. The predicted molar refractivity (Wildman–Crippen MR) is 116 cm³/mol. The predicted octanol–water partition coefficient (Wildman–Crippen LogP) is 3.33. The van der Waals surface area contributed by atoms with Gasteiger partial charge >= 0.3 is 0 Å². The number of nitrogens with one attached hydrogen (secondary N) is 1. The van der Waals surface area contributed by atoms with E-state index in [2.05, 4.69) is 20.6 Å². The molecule has 1 amide bonds. The Morgan fingerprint density at radius 2 is 1.94 bits per heavy atom. The van der Waals surface area contributed by atoms with Crippen molar-refractivity contribution >= 4 is 23.2 Å². The molecule has 0 atom stereocenters. The summed E-state index contributed by atoms with van der Waals surface area (Å²) in [6.45, 7) is 0.396. The highest BCUT2D eigenvalue weighted by molar-refractivity contribution is 6.31. The summed E-state index contributed by atoms with van der Waals surface area (Å²) in [5.41, 5.74) is 1.55. The van der Waals surface area contributed by atoms with Gasteiger partial charge in [0.2, 0.25) is 11.8 Å². The lowest BCUT2D eigenvalue weighted by Crippen LogP contribution is -2.29. The second-order valence-corrected chi connectivity index (χ2v) is 7.18. The van der Waals surface area contributed by atoms with Crippen LogP contribution < -0.4 is 14.8 Å². The van der Waals surface area contributed by atoms with Crippen molar-refractivity contribution in [3.8, 4) is 23.0 Å². The number of carbonyl (C=O) groups is 1. The lowest BCUT2D eigenvalue weighted by Gasteiger charge is -2.09. The SMILES string of the molecule is COc1ccc(-c2nnc3ccc(OCCNC(=O)Cc4c(F)cccc4Cl)nn23)cc1. The van der Waals surface area contributed by atoms with Gasteiger partial charge in [-0.3, -0.25) is 4.79 Å². The molecule has 10 heteroatoms. The van der Waals surface area contributed by atoms with Crippen molar-refractivity contribution in [2.24, 2.45) is 0 Å². The Hall–Kier alpha value is -3.72. The minimum absolute atomic E-state index is 0.151. The number of benzene rings is 2. The largest absolute Gasteiger partial charge is 0.497 e. The highest BCUT2D eigenvalue weighted by Crippen LogP contribution is 2.22. The molecule has 0 fully saturated rings. The van der Waals surface area contributed by atoms with Crippen LogP contribution in [0.15, 0.2) is 54.6 Å². The summed E-state index contributed by atoms with van der Waals surface area (Å²) in [5, 5.41) is 15.6. The fourth-order valence-electron chi connectivity index (χ4n) is 3.04. The maximum Gasteiger partial charge on any atom is 0.231 e. The molecule has 2 heterocycles. The number of rotatable bonds is 8. The van der Waals surface area contributed by atoms with Gasteiger partial charge in [-0.1, -0.05) is 17.7 Å². The van der Waals surface area contributed by atoms with Crippen molar-refractivity contribution in [2.45, 2.75) is 6.42 Å². The van der Waals surface area contributed by atoms with Crippen LogP contribution in [0, 0.1) is 5.82 Å². The molecule has 0 saturated carbocycles. The van der Waals surface area contributed by atoms with Gasteiger partial charge in [0.25, 0.3) is 0 Å². The normalized spacial score (nSPS) is 10.8. The number of aromatic nitrogens is 4. The van der Waals surface area contributed by atoms with Gasteiger partial charge in [-0.05, 0) is 42.5 Å². The van der Waals surface area contributed by atoms with Crippen LogP contribution in [0.1, 0.15) is 5.56 Å². The van der Waals surface area contributed by atoms with E-state index in [4.69, 9.17) is 21.1 Å². The van der Waals surface area contributed by atoms with E-state index in [0.29, 0.717) is 17.4 Å². The average Bonchev–Trinajstić information content (AvgIpc) is 3.22. The molecule has 4 aromatic rings. The van der Waals surface area contributed by atoms with E-state index < -0.39 is 5.82 Å². The second kappa shape index (κ2) is 9.61. The topological polar surface area (TPSA) is 90.6 Å². The first kappa shape index (κ1) is 21.5. The van der Waals surface area contributed by atoms with Gasteiger partial charge in [-0.25, -0.2) is 4.39 Å². The van der Waals surface area contributed by atoms with Crippen LogP contribution in [0.2, 0.25) is 5.02 Å². The summed E-state index contributed by atoms with van der Waals surface area (Å²) >= 11 is 5.95. The molecular formula is C22H19ClFN5O3. The third-order valence-corrected chi connectivity index (χ3v) is 5.01. The van der Waals surface area contributed by atoms with Gasteiger partial charge in [0, 0.05) is 22.2 Å². The van der Waals surface area contributed by atoms with Crippen LogP contribution in [0.5, 0.6) is 11.6 Å². The summed E-state index contributed by atoms with van der Waals surface area (Å²) in [6.07, 6.45) is -0.151. The Balaban J connectivity index is 1.36. The van der Waals surface area contributed by atoms with Crippen molar-refractivity contribution in [2.75, 3.05) is 20.3 Å². The molecule has 0 aliphatic heterocycles. The molecule has 1 N–H and O–H groups in total. The van der Waals surface area contributed by atoms with Gasteiger partial charge in [0.05, 0.1) is 20.1 Å². The molecule has 164 valence electrons. The van der Waals surface area contributed by atoms with E-state index in [0.717, 1.165) is 11.3 Å². The number of hydrogen-bond acceptors (Lipinski definition) is 6. The molecule has 2 aromatic heterocycles. The Morgan fingerprint density at radius 1 is 1.12 bits per heavy atom. The Morgan fingerprint density at radius 3 is 2.69 bits per heavy atom. The first-order chi connectivity index (χ1) is 15.5. The summed E-state index contributed by atoms with van der Waals surface area (Å²) in [7, 11) is 1.60. The second-order valence-electron chi connectivity index (χ2n) is 6.77. The summed E-state index contributed by atoms with van der Waals surface area (Å²) in [6, 6.07) is 15.1. The smallest absolute Gasteiger partial charge is 0.231 e. The van der Waals surface area contributed by atoms with Gasteiger partial charge in [-0.15, -0.1) is 15.3 Å². The van der Waals surface area contributed by atoms with Gasteiger partial charge in [0.1, 0.15) is 18.2 Å². The number of hydrogen-bond donors (Lipinski definition) is 1. The van der Waals surface area contributed by atoms with Gasteiger partial charge in [-0.2, -0.15) is 4.52 Å². The zero-order valence-corrected chi connectivity index (χ0v) is 17.8. The number of halogens is 2. The quantitative estimate of drug-likeness (QED) is 0.410. The molecule has 0 bridgehead atoms. The van der Waals surface area contributed by atoms with Crippen molar-refractivity contribution in [3.05, 3.63) is 71.0 Å². The fourth-order valence-corrected chi connectivity index (χ4v) is 3.27. The molecule has 0 spiro atoms. The Labute approximate surface area is 187 Å². The van der Waals surface area contributed by atoms with Crippen molar-refractivity contribution < 1.29 is 18.7 Å². The van der Waals surface area contributed by atoms with E-state index in [-0.39, 0.29) is 36.1 Å². The lowest BCUT2D eigenvalue weighted by molar-refractivity contribution is -0.120. The standard InChI is InChI=1S/C22H19ClFN5O3/c1-31-15-7-5-14(6-8-15)22-27-26-19-9-10-21(28-29(19)22)32-12-11-25-20(30)13-16-17(23)3-2-4-18(16)24/h2-10H,11-13H2,1H3,(H,25,30). The molecule has 0 aliphatic carbocycles. The highest BCUT2D eigenvalue weighted by Gasteiger charge is 2.13. The minimum atomic E-state index is -0.511. The zero-order valence-electron chi connectivity index (χ0n) is 17.1. The van der Waals surface area contributed by atoms with Crippen molar-refractivity contribution in [1.82, 2.24) is 25.1 Å². The van der Waals surface area contributed by atoms with Gasteiger partial charge in [0.15, 0.2) is 11.5 Å². The Kier molecular flexibility index (Phi) is 6.46. The number of methoxy groups -OCH3 is 1. The van der Waals surface area contributed by atoms with Crippen molar-refractivity contribution in [1.29, 1.82) is 0 Å². The number of nitrogens with zero attached hydrogens (tertiary/aromatic N) is 4. The Bertz CT molecular complexity index is 1230. The molecule has 32 heavy (non-hydrogen) atoms. The van der Waals surface area contributed by atoms with E-state index in [9.17, 15) is 9.18 Å². The van der Waals surface area contributed by atoms with E-state index in [1.165, 1.54) is 12.1 Å². The van der Waals surface area contributed by atoms with Crippen LogP contribution in [-0.2, 0) is 11.2 Å². The molecule has 8 nitrogen and oxygen atoms in total. The first-order valence-electron chi connectivity index (χ1n) is 9.74. The highest BCUT2D eigenvalue weighted by atomic mass is 35.5. The summed E-state index contributed by atoms with van der Waals surface area (Å²) in [5.74, 6) is 0.771. The first-order valence-corrected chi connectivity index (χ1v) is 10.1. The van der Waals surface area contributed by atoms with Crippen LogP contribution >= 0.6 is 11.6 Å². The van der Waals surface area contributed by atoms with Gasteiger partial charge < -0.3 is 14.8 Å². The monoisotopic (exact) mass is 455 g/mol. The molecule has 0 radical (unpaired) electrons. The summed E-state index contributed by atoms with van der Waals surface area (Å²) < 4.78 is 26.2. The number of amides is 1. The molecule has 0 saturated heterocycles. The lowest BCUT2D eigenvalue weighted by atomic mass is 10.1. The van der Waals surface area contributed by atoms with E-state index >= 15 is 0 Å². The van der Waals surface area contributed by atoms with Crippen LogP contribution in [0.25, 0.3) is 17.0 Å². The third kappa shape index (κ3) is 4.78. The van der Waals surface area contributed by atoms with E-state index in [1.54, 1.807) is 29.8 Å². The fraction of sp³-hybridized carbons (Fsp3) is 0.182. The molecule has 0 aliphatic rings. The number of ether oxygens (including phenoxy) is 2. The molecule has 2 aromatic carbocycles. The molecule has 0 unspecified atom stereocenters. The van der Waals surface area contributed by atoms with Crippen LogP contribution in [0.3, 0.4) is 0 Å². The maximum absolute atomic E-state index is 13.8. The molecular weight excluding hydrogens is 437 g/mol.